The molecule has 1 amide bonds. The molecule has 0 radical (unpaired) electrons. The molecule has 0 bridgehead atoms. The molecule has 1 atom stereocenters. The second-order valence-corrected chi connectivity index (χ2v) is 6.28. The molecule has 6 nitrogen and oxygen atoms in total. The fourth-order valence-corrected chi connectivity index (χ4v) is 2.62. The molecule has 0 saturated heterocycles. The zero-order valence-corrected chi connectivity index (χ0v) is 15.4. The standard InChI is InChI=1S/C20H23FN2O4/c1-14(23(2)9-10-25-17-6-4-3-5-16(17)21)20(24)22-15-7-8-18-19(13-15)27-12-11-26-18/h3-8,13-14H,9-12H2,1-2H3,(H,22,24)/t14-/m0/s1. The molecule has 3 rings (SSSR count). The van der Waals surface area contributed by atoms with Crippen molar-refractivity contribution < 1.29 is 23.4 Å². The highest BCUT2D eigenvalue weighted by atomic mass is 19.1. The molecule has 144 valence electrons. The smallest absolute Gasteiger partial charge is 0.241 e. The topological polar surface area (TPSA) is 60.0 Å². The third kappa shape index (κ3) is 4.89. The summed E-state index contributed by atoms with van der Waals surface area (Å²) in [5, 5.41) is 2.87. The van der Waals surface area contributed by atoms with Crippen LogP contribution in [0, 0.1) is 5.82 Å². The van der Waals surface area contributed by atoms with Gasteiger partial charge in [-0.3, -0.25) is 9.69 Å². The van der Waals surface area contributed by atoms with E-state index in [0.29, 0.717) is 36.9 Å². The monoisotopic (exact) mass is 374 g/mol. The Morgan fingerprint density at radius 1 is 1.22 bits per heavy atom. The van der Waals surface area contributed by atoms with E-state index in [1.165, 1.54) is 6.07 Å². The highest BCUT2D eigenvalue weighted by molar-refractivity contribution is 5.94. The van der Waals surface area contributed by atoms with Crippen LogP contribution in [0.2, 0.25) is 0 Å². The average Bonchev–Trinajstić information content (AvgIpc) is 2.68. The molecule has 0 fully saturated rings. The molecular weight excluding hydrogens is 351 g/mol. The largest absolute Gasteiger partial charge is 0.489 e. The molecule has 1 aliphatic rings. The van der Waals surface area contributed by atoms with Crippen LogP contribution in [-0.4, -0.2) is 50.3 Å². The van der Waals surface area contributed by atoms with Gasteiger partial charge in [-0.05, 0) is 38.2 Å². The Bertz CT molecular complexity index is 799. The quantitative estimate of drug-likeness (QED) is 0.808. The summed E-state index contributed by atoms with van der Waals surface area (Å²) in [4.78, 5) is 14.3. The normalized spacial score (nSPS) is 13.9. The molecular formula is C20H23FN2O4. The van der Waals surface area contributed by atoms with Crippen LogP contribution in [0.1, 0.15) is 6.92 Å². The summed E-state index contributed by atoms with van der Waals surface area (Å²) < 4.78 is 30.0. The maximum Gasteiger partial charge on any atom is 0.241 e. The number of nitrogens with zero attached hydrogens (tertiary/aromatic N) is 1. The van der Waals surface area contributed by atoms with Crippen molar-refractivity contribution in [3.05, 3.63) is 48.3 Å². The fraction of sp³-hybridized carbons (Fsp3) is 0.350. The molecule has 0 spiro atoms. The molecule has 27 heavy (non-hydrogen) atoms. The molecule has 0 aliphatic carbocycles. The van der Waals surface area contributed by atoms with Crippen molar-refractivity contribution in [2.24, 2.45) is 0 Å². The molecule has 1 heterocycles. The Labute approximate surface area is 157 Å². The number of fused-ring (bicyclic) bond motifs is 1. The van der Waals surface area contributed by atoms with E-state index in [4.69, 9.17) is 14.2 Å². The summed E-state index contributed by atoms with van der Waals surface area (Å²) in [5.41, 5.74) is 0.645. The van der Waals surface area contributed by atoms with Crippen LogP contribution in [0.4, 0.5) is 10.1 Å². The maximum absolute atomic E-state index is 13.5. The van der Waals surface area contributed by atoms with Gasteiger partial charge in [0, 0.05) is 18.3 Å². The molecule has 0 aromatic heterocycles. The van der Waals surface area contributed by atoms with E-state index in [-0.39, 0.29) is 24.3 Å². The number of rotatable bonds is 7. The number of likely N-dealkylation sites (N-methyl/N-ethyl adjacent to an activating group) is 1. The summed E-state index contributed by atoms with van der Waals surface area (Å²) in [6.07, 6.45) is 0. The van der Waals surface area contributed by atoms with Crippen LogP contribution in [0.15, 0.2) is 42.5 Å². The van der Waals surface area contributed by atoms with Crippen LogP contribution in [0.5, 0.6) is 17.2 Å². The van der Waals surface area contributed by atoms with E-state index in [9.17, 15) is 9.18 Å². The Morgan fingerprint density at radius 3 is 2.74 bits per heavy atom. The minimum atomic E-state index is -0.399. The first kappa shape index (κ1) is 19.0. The first-order valence-electron chi connectivity index (χ1n) is 8.82. The molecule has 1 N–H and O–H groups in total. The van der Waals surface area contributed by atoms with Crippen molar-refractivity contribution in [3.63, 3.8) is 0 Å². The first-order chi connectivity index (χ1) is 13.0. The second-order valence-electron chi connectivity index (χ2n) is 6.28. The van der Waals surface area contributed by atoms with Crippen LogP contribution in [0.3, 0.4) is 0 Å². The first-order valence-corrected chi connectivity index (χ1v) is 8.82. The van der Waals surface area contributed by atoms with Gasteiger partial charge in [0.2, 0.25) is 5.91 Å². The molecule has 2 aromatic rings. The van der Waals surface area contributed by atoms with Crippen molar-refractivity contribution in [1.29, 1.82) is 0 Å². The number of carbonyl (C=O) groups excluding carboxylic acids is 1. The summed E-state index contributed by atoms with van der Waals surface area (Å²) >= 11 is 0. The summed E-state index contributed by atoms with van der Waals surface area (Å²) in [6.45, 7) is 3.57. The number of nitrogens with one attached hydrogen (secondary N) is 1. The molecule has 0 saturated carbocycles. The Hall–Kier alpha value is -2.80. The lowest BCUT2D eigenvalue weighted by Crippen LogP contribution is -2.41. The fourth-order valence-electron chi connectivity index (χ4n) is 2.62. The van der Waals surface area contributed by atoms with Crippen molar-refractivity contribution in [1.82, 2.24) is 4.90 Å². The zero-order chi connectivity index (χ0) is 19.2. The predicted octanol–water partition coefficient (Wildman–Crippen LogP) is 2.93. The van der Waals surface area contributed by atoms with Crippen molar-refractivity contribution >= 4 is 11.6 Å². The minimum absolute atomic E-state index is 0.153. The number of hydrogen-bond acceptors (Lipinski definition) is 5. The van der Waals surface area contributed by atoms with Gasteiger partial charge in [-0.15, -0.1) is 0 Å². The van der Waals surface area contributed by atoms with E-state index in [1.54, 1.807) is 43.3 Å². The van der Waals surface area contributed by atoms with Crippen LogP contribution in [-0.2, 0) is 4.79 Å². The van der Waals surface area contributed by atoms with Gasteiger partial charge in [0.05, 0.1) is 6.04 Å². The van der Waals surface area contributed by atoms with Gasteiger partial charge in [-0.25, -0.2) is 4.39 Å². The van der Waals surface area contributed by atoms with Gasteiger partial charge in [0.15, 0.2) is 23.1 Å². The van der Waals surface area contributed by atoms with Gasteiger partial charge in [-0.1, -0.05) is 12.1 Å². The van der Waals surface area contributed by atoms with Gasteiger partial charge in [-0.2, -0.15) is 0 Å². The van der Waals surface area contributed by atoms with E-state index >= 15 is 0 Å². The number of halogens is 1. The van der Waals surface area contributed by atoms with E-state index in [1.807, 2.05) is 11.9 Å². The lowest BCUT2D eigenvalue weighted by molar-refractivity contribution is -0.120. The zero-order valence-electron chi connectivity index (χ0n) is 15.4. The van der Waals surface area contributed by atoms with Gasteiger partial charge in [0.25, 0.3) is 0 Å². The van der Waals surface area contributed by atoms with Gasteiger partial charge >= 0.3 is 0 Å². The maximum atomic E-state index is 13.5. The second kappa shape index (κ2) is 8.73. The van der Waals surface area contributed by atoms with Crippen molar-refractivity contribution in [2.75, 3.05) is 38.7 Å². The number of para-hydroxylation sites is 1. The van der Waals surface area contributed by atoms with Crippen molar-refractivity contribution in [2.45, 2.75) is 13.0 Å². The third-order valence-electron chi connectivity index (χ3n) is 4.39. The number of carbonyl (C=O) groups is 1. The highest BCUT2D eigenvalue weighted by Crippen LogP contribution is 2.32. The number of ether oxygens (including phenoxy) is 3. The van der Waals surface area contributed by atoms with Crippen LogP contribution < -0.4 is 19.5 Å². The third-order valence-corrected chi connectivity index (χ3v) is 4.39. The Morgan fingerprint density at radius 2 is 1.96 bits per heavy atom. The van der Waals surface area contributed by atoms with Gasteiger partial charge in [0.1, 0.15) is 19.8 Å². The van der Waals surface area contributed by atoms with E-state index in [2.05, 4.69) is 5.32 Å². The van der Waals surface area contributed by atoms with Crippen molar-refractivity contribution in [3.8, 4) is 17.2 Å². The minimum Gasteiger partial charge on any atom is -0.489 e. The summed E-state index contributed by atoms with van der Waals surface area (Å²) in [7, 11) is 1.82. The lowest BCUT2D eigenvalue weighted by atomic mass is 10.2. The van der Waals surface area contributed by atoms with Crippen LogP contribution in [0.25, 0.3) is 0 Å². The molecule has 1 aliphatic heterocycles. The lowest BCUT2D eigenvalue weighted by Gasteiger charge is -2.24. The van der Waals surface area contributed by atoms with E-state index in [0.717, 1.165) is 0 Å². The Kier molecular flexibility index (Phi) is 6.13. The number of anilines is 1. The highest BCUT2D eigenvalue weighted by Gasteiger charge is 2.19. The molecule has 0 unspecified atom stereocenters. The number of amides is 1. The molecule has 7 heteroatoms. The predicted molar refractivity (Wildman–Crippen MR) is 100 cm³/mol. The summed E-state index contributed by atoms with van der Waals surface area (Å²) in [5.74, 6) is 0.956. The number of hydrogen-bond donors (Lipinski definition) is 1. The van der Waals surface area contributed by atoms with Gasteiger partial charge < -0.3 is 19.5 Å². The Balaban J connectivity index is 1.50. The summed E-state index contributed by atoms with van der Waals surface area (Å²) in [6, 6.07) is 11.2. The molecule has 2 aromatic carbocycles. The SMILES string of the molecule is C[C@@H](C(=O)Nc1ccc2c(c1)OCCO2)N(C)CCOc1ccccc1F. The average molecular weight is 374 g/mol. The number of benzene rings is 2. The van der Waals surface area contributed by atoms with Crippen LogP contribution >= 0.6 is 0 Å². The van der Waals surface area contributed by atoms with E-state index < -0.39 is 5.82 Å².